The molecule has 4 heterocycles. The van der Waals surface area contributed by atoms with Crippen molar-refractivity contribution in [2.45, 2.75) is 43.7 Å². The minimum absolute atomic E-state index is 0.251. The predicted molar refractivity (Wildman–Crippen MR) is 120 cm³/mol. The molecule has 3 aromatic rings. The topological polar surface area (TPSA) is 85.2 Å². The number of ether oxygens (including phenoxy) is 1. The molecule has 1 aliphatic heterocycles. The minimum atomic E-state index is -1.07. The summed E-state index contributed by atoms with van der Waals surface area (Å²) < 4.78 is 19.7. The zero-order valence-corrected chi connectivity index (χ0v) is 18.6. The summed E-state index contributed by atoms with van der Waals surface area (Å²) in [7, 11) is 0.696. The highest BCUT2D eigenvalue weighted by Gasteiger charge is 2.21. The number of rotatable bonds is 6. The number of anilines is 3. The molecule has 1 saturated heterocycles. The monoisotopic (exact) mass is 428 g/mol. The fourth-order valence-electron chi connectivity index (χ4n) is 3.83. The second kappa shape index (κ2) is 8.69. The number of piperidine rings is 1. The van der Waals surface area contributed by atoms with Crippen molar-refractivity contribution >= 4 is 39.3 Å². The molecule has 0 amide bonds. The first-order valence-electron chi connectivity index (χ1n) is 10.2. The Morgan fingerprint density at radius 3 is 2.67 bits per heavy atom. The van der Waals surface area contributed by atoms with E-state index < -0.39 is 10.8 Å². The molecular formula is C21H28N6O2S. The summed E-state index contributed by atoms with van der Waals surface area (Å²) >= 11 is 0. The molecule has 30 heavy (non-hydrogen) atoms. The van der Waals surface area contributed by atoms with Gasteiger partial charge in [0.1, 0.15) is 11.6 Å². The number of aromatic nitrogens is 4. The fraction of sp³-hybridized carbons (Fsp3) is 0.476. The van der Waals surface area contributed by atoms with Gasteiger partial charge >= 0.3 is 0 Å². The molecule has 0 bridgehead atoms. The Labute approximate surface area is 179 Å². The van der Waals surface area contributed by atoms with Gasteiger partial charge in [0, 0.05) is 62.5 Å². The molecule has 1 unspecified atom stereocenters. The molecule has 1 aliphatic rings. The molecule has 0 radical (unpaired) electrons. The SMILES string of the molecule is COC1CCN(c2nccc(Nc3cc4c(cn3)c(S(C)=O)cn4C(C)C)n2)CC1. The summed E-state index contributed by atoms with van der Waals surface area (Å²) in [4.78, 5) is 16.6. The van der Waals surface area contributed by atoms with Crippen LogP contribution in [0.15, 0.2) is 35.6 Å². The highest BCUT2D eigenvalue weighted by molar-refractivity contribution is 7.84. The molecule has 8 nitrogen and oxygen atoms in total. The molecule has 1 atom stereocenters. The van der Waals surface area contributed by atoms with Gasteiger partial charge in [-0.05, 0) is 32.8 Å². The third-order valence-corrected chi connectivity index (χ3v) is 6.45. The van der Waals surface area contributed by atoms with Crippen LogP contribution in [0.4, 0.5) is 17.6 Å². The summed E-state index contributed by atoms with van der Waals surface area (Å²) in [6.07, 6.45) is 9.47. The largest absolute Gasteiger partial charge is 0.381 e. The van der Waals surface area contributed by atoms with Crippen molar-refractivity contribution < 1.29 is 8.95 Å². The lowest BCUT2D eigenvalue weighted by atomic mass is 10.1. The standard InChI is InChI=1S/C21H28N6O2S/c1-14(2)27-13-18(30(4)28)16-12-23-20(11-17(16)27)24-19-5-8-22-21(25-19)26-9-6-15(29-3)7-10-26/h5,8,11-15H,6-7,9-10H2,1-4H3,(H,22,23,24,25). The molecule has 9 heteroatoms. The number of nitrogens with zero attached hydrogens (tertiary/aromatic N) is 5. The molecular weight excluding hydrogens is 400 g/mol. The average Bonchev–Trinajstić information content (AvgIpc) is 3.13. The van der Waals surface area contributed by atoms with E-state index in [2.05, 4.69) is 43.6 Å². The first-order chi connectivity index (χ1) is 14.5. The summed E-state index contributed by atoms with van der Waals surface area (Å²) in [6, 6.07) is 4.07. The van der Waals surface area contributed by atoms with Crippen molar-refractivity contribution in [2.24, 2.45) is 0 Å². The molecule has 160 valence electrons. The fourth-order valence-corrected chi connectivity index (χ4v) is 4.56. The van der Waals surface area contributed by atoms with E-state index in [0.717, 1.165) is 41.7 Å². The Bertz CT molecular complexity index is 1060. The van der Waals surface area contributed by atoms with Gasteiger partial charge in [-0.3, -0.25) is 4.21 Å². The van der Waals surface area contributed by atoms with Crippen LogP contribution in [0, 0.1) is 0 Å². The average molecular weight is 429 g/mol. The minimum Gasteiger partial charge on any atom is -0.381 e. The highest BCUT2D eigenvalue weighted by atomic mass is 32.2. The van der Waals surface area contributed by atoms with E-state index in [-0.39, 0.29) is 6.04 Å². The molecule has 4 rings (SSSR count). The zero-order valence-electron chi connectivity index (χ0n) is 17.8. The lowest BCUT2D eigenvalue weighted by molar-refractivity contribution is 0.0816. The molecule has 0 saturated carbocycles. The summed E-state index contributed by atoms with van der Waals surface area (Å²) in [5, 5.41) is 4.21. The number of nitrogens with one attached hydrogen (secondary N) is 1. The summed E-state index contributed by atoms with van der Waals surface area (Å²) in [5.41, 5.74) is 1.00. The molecule has 0 aromatic carbocycles. The summed E-state index contributed by atoms with van der Waals surface area (Å²) in [5.74, 6) is 2.10. The van der Waals surface area contributed by atoms with Crippen molar-refractivity contribution in [1.82, 2.24) is 19.5 Å². The second-order valence-corrected chi connectivity index (χ2v) is 9.17. The normalized spacial score (nSPS) is 16.4. The van der Waals surface area contributed by atoms with Crippen LogP contribution in [0.25, 0.3) is 10.9 Å². The number of methoxy groups -OCH3 is 1. The second-order valence-electron chi connectivity index (χ2n) is 7.82. The van der Waals surface area contributed by atoms with E-state index in [1.807, 2.05) is 18.3 Å². The maximum absolute atomic E-state index is 12.1. The van der Waals surface area contributed by atoms with Crippen molar-refractivity contribution in [3.8, 4) is 0 Å². The predicted octanol–water partition coefficient (Wildman–Crippen LogP) is 3.50. The Morgan fingerprint density at radius 2 is 2.00 bits per heavy atom. The van der Waals surface area contributed by atoms with Gasteiger partial charge in [0.05, 0.1) is 27.3 Å². The van der Waals surface area contributed by atoms with Crippen molar-refractivity contribution in [1.29, 1.82) is 0 Å². The Balaban J connectivity index is 1.59. The lowest BCUT2D eigenvalue weighted by Gasteiger charge is -2.31. The molecule has 1 N–H and O–H groups in total. The third kappa shape index (κ3) is 4.17. The van der Waals surface area contributed by atoms with Gasteiger partial charge < -0.3 is 19.5 Å². The molecule has 3 aromatic heterocycles. The van der Waals surface area contributed by atoms with Crippen LogP contribution in [-0.4, -0.2) is 56.3 Å². The summed E-state index contributed by atoms with van der Waals surface area (Å²) in [6.45, 7) is 5.98. The molecule has 0 spiro atoms. The van der Waals surface area contributed by atoms with Crippen LogP contribution in [0.5, 0.6) is 0 Å². The maximum atomic E-state index is 12.1. The number of pyridine rings is 1. The first-order valence-corrected chi connectivity index (χ1v) is 11.7. The van der Waals surface area contributed by atoms with E-state index in [1.54, 1.807) is 25.8 Å². The molecule has 1 fully saturated rings. The van der Waals surface area contributed by atoms with Crippen molar-refractivity contribution in [3.63, 3.8) is 0 Å². The van der Waals surface area contributed by atoms with Gasteiger partial charge in [-0.2, -0.15) is 4.98 Å². The van der Waals surface area contributed by atoms with Crippen LogP contribution >= 0.6 is 0 Å². The Morgan fingerprint density at radius 1 is 1.23 bits per heavy atom. The zero-order chi connectivity index (χ0) is 21.3. The number of hydrogen-bond donors (Lipinski definition) is 1. The Hall–Kier alpha value is -2.52. The van der Waals surface area contributed by atoms with Crippen LogP contribution in [0.1, 0.15) is 32.7 Å². The smallest absolute Gasteiger partial charge is 0.227 e. The number of fused-ring (bicyclic) bond motifs is 1. The van der Waals surface area contributed by atoms with Crippen LogP contribution in [0.2, 0.25) is 0 Å². The Kier molecular flexibility index (Phi) is 6.01. The molecule has 0 aliphatic carbocycles. The van der Waals surface area contributed by atoms with Crippen LogP contribution < -0.4 is 10.2 Å². The van der Waals surface area contributed by atoms with Crippen LogP contribution in [-0.2, 0) is 15.5 Å². The van der Waals surface area contributed by atoms with E-state index >= 15 is 0 Å². The van der Waals surface area contributed by atoms with Gasteiger partial charge in [0.2, 0.25) is 5.95 Å². The maximum Gasteiger partial charge on any atom is 0.227 e. The van der Waals surface area contributed by atoms with Crippen molar-refractivity contribution in [3.05, 3.63) is 30.7 Å². The van der Waals surface area contributed by atoms with Gasteiger partial charge in [-0.1, -0.05) is 0 Å². The third-order valence-electron chi connectivity index (χ3n) is 5.51. The van der Waals surface area contributed by atoms with Gasteiger partial charge in [-0.15, -0.1) is 0 Å². The lowest BCUT2D eigenvalue weighted by Crippen LogP contribution is -2.37. The van der Waals surface area contributed by atoms with E-state index in [4.69, 9.17) is 4.74 Å². The first kappa shape index (κ1) is 20.7. The van der Waals surface area contributed by atoms with E-state index in [9.17, 15) is 4.21 Å². The van der Waals surface area contributed by atoms with Crippen LogP contribution in [0.3, 0.4) is 0 Å². The van der Waals surface area contributed by atoms with E-state index in [0.29, 0.717) is 23.7 Å². The van der Waals surface area contributed by atoms with Crippen molar-refractivity contribution in [2.75, 3.05) is 36.7 Å². The van der Waals surface area contributed by atoms with Gasteiger partial charge in [0.15, 0.2) is 0 Å². The highest BCUT2D eigenvalue weighted by Crippen LogP contribution is 2.29. The van der Waals surface area contributed by atoms with Gasteiger partial charge in [0.25, 0.3) is 0 Å². The quantitative estimate of drug-likeness (QED) is 0.643. The number of hydrogen-bond acceptors (Lipinski definition) is 7. The van der Waals surface area contributed by atoms with E-state index in [1.165, 1.54) is 0 Å². The van der Waals surface area contributed by atoms with Gasteiger partial charge in [-0.25, -0.2) is 9.97 Å².